The lowest BCUT2D eigenvalue weighted by Crippen LogP contribution is -2.35. The van der Waals surface area contributed by atoms with E-state index in [1.54, 1.807) is 0 Å². The van der Waals surface area contributed by atoms with E-state index in [4.69, 9.17) is 11.5 Å². The second-order valence-electron chi connectivity index (χ2n) is 11.0. The maximum Gasteiger partial charge on any atom is 0.0119 e. The molecular weight excluding hydrogens is 468 g/mol. The van der Waals surface area contributed by atoms with Gasteiger partial charge in [-0.1, -0.05) is 76.6 Å². The number of benzene rings is 1. The number of unbranched alkanes of at least 4 members (excludes halogenated alkanes) is 6. The molecule has 0 aliphatic heterocycles. The molecule has 0 spiro atoms. The summed E-state index contributed by atoms with van der Waals surface area (Å²) in [6.45, 7) is 12.5. The Morgan fingerprint density at radius 3 is 1.45 bits per heavy atom. The predicted molar refractivity (Wildman–Crippen MR) is 168 cm³/mol. The van der Waals surface area contributed by atoms with Gasteiger partial charge in [-0.25, -0.2) is 0 Å². The quantitative estimate of drug-likeness (QED) is 0.0889. The number of rotatable bonds is 28. The first-order chi connectivity index (χ1) is 18.7. The molecule has 0 aromatic heterocycles. The van der Waals surface area contributed by atoms with E-state index in [0.717, 1.165) is 90.9 Å². The molecule has 0 aliphatic rings. The third-order valence-electron chi connectivity index (χ3n) is 7.33. The van der Waals surface area contributed by atoms with Gasteiger partial charge < -0.3 is 32.7 Å². The van der Waals surface area contributed by atoms with Gasteiger partial charge in [-0.2, -0.15) is 0 Å². The molecule has 0 bridgehead atoms. The predicted octanol–water partition coefficient (Wildman–Crippen LogP) is 4.51. The molecule has 2 atom stereocenters. The van der Waals surface area contributed by atoms with Crippen molar-refractivity contribution in [2.24, 2.45) is 11.5 Å². The van der Waals surface area contributed by atoms with Gasteiger partial charge in [0.25, 0.3) is 0 Å². The van der Waals surface area contributed by atoms with Crippen LogP contribution in [-0.2, 0) is 12.8 Å². The first kappa shape index (κ1) is 35.0. The van der Waals surface area contributed by atoms with E-state index in [1.165, 1.54) is 62.5 Å². The zero-order valence-electron chi connectivity index (χ0n) is 25.2. The van der Waals surface area contributed by atoms with Gasteiger partial charge >= 0.3 is 0 Å². The number of hydrogen-bond acceptors (Lipinski definition) is 6. The third kappa shape index (κ3) is 20.0. The Morgan fingerprint density at radius 1 is 0.579 bits per heavy atom. The van der Waals surface area contributed by atoms with Gasteiger partial charge in [0, 0.05) is 12.1 Å². The van der Waals surface area contributed by atoms with Gasteiger partial charge in [-0.15, -0.1) is 0 Å². The molecule has 222 valence electrons. The van der Waals surface area contributed by atoms with Crippen LogP contribution < -0.4 is 32.7 Å². The van der Waals surface area contributed by atoms with Crippen LogP contribution in [0.2, 0.25) is 0 Å². The topological polar surface area (TPSA) is 100 Å². The van der Waals surface area contributed by atoms with E-state index in [-0.39, 0.29) is 0 Å². The number of nitrogens with one attached hydrogen (secondary N) is 4. The first-order valence-corrected chi connectivity index (χ1v) is 16.1. The SMILES string of the molecule is CCCCCCNCCCNC(CCN)Cc1cccc(CC(CCN)NCCCNCCCCCC)c1. The third-order valence-corrected chi connectivity index (χ3v) is 7.33. The zero-order chi connectivity index (χ0) is 27.5. The molecule has 0 amide bonds. The molecule has 6 nitrogen and oxygen atoms in total. The Balaban J connectivity index is 2.36. The maximum atomic E-state index is 5.95. The van der Waals surface area contributed by atoms with Crippen LogP contribution in [0.5, 0.6) is 0 Å². The van der Waals surface area contributed by atoms with E-state index in [1.807, 2.05) is 0 Å². The van der Waals surface area contributed by atoms with Crippen LogP contribution in [0.15, 0.2) is 24.3 Å². The van der Waals surface area contributed by atoms with E-state index in [2.05, 4.69) is 59.4 Å². The minimum atomic E-state index is 0.437. The molecule has 1 rings (SSSR count). The maximum absolute atomic E-state index is 5.95. The van der Waals surface area contributed by atoms with Gasteiger partial charge in [0.05, 0.1) is 0 Å². The Hall–Kier alpha value is -1.02. The van der Waals surface area contributed by atoms with Crippen molar-refractivity contribution >= 4 is 0 Å². The Bertz CT molecular complexity index is 576. The van der Waals surface area contributed by atoms with E-state index in [9.17, 15) is 0 Å². The summed E-state index contributed by atoms with van der Waals surface area (Å²) >= 11 is 0. The average molecular weight is 533 g/mol. The van der Waals surface area contributed by atoms with Crippen molar-refractivity contribution in [3.8, 4) is 0 Å². The van der Waals surface area contributed by atoms with Crippen molar-refractivity contribution in [3.63, 3.8) is 0 Å². The monoisotopic (exact) mass is 533 g/mol. The van der Waals surface area contributed by atoms with E-state index >= 15 is 0 Å². The van der Waals surface area contributed by atoms with Crippen LogP contribution in [0.4, 0.5) is 0 Å². The lowest BCUT2D eigenvalue weighted by Gasteiger charge is -2.21. The Morgan fingerprint density at radius 2 is 1.03 bits per heavy atom. The van der Waals surface area contributed by atoms with Gasteiger partial charge in [-0.3, -0.25) is 0 Å². The van der Waals surface area contributed by atoms with Crippen molar-refractivity contribution in [3.05, 3.63) is 35.4 Å². The summed E-state index contributed by atoms with van der Waals surface area (Å²) in [6.07, 6.45) is 17.0. The van der Waals surface area contributed by atoms with E-state index < -0.39 is 0 Å². The molecule has 38 heavy (non-hydrogen) atoms. The molecule has 0 aliphatic carbocycles. The molecule has 1 aromatic rings. The molecule has 8 N–H and O–H groups in total. The molecule has 2 unspecified atom stereocenters. The molecule has 0 saturated heterocycles. The molecule has 0 radical (unpaired) electrons. The minimum absolute atomic E-state index is 0.437. The van der Waals surface area contributed by atoms with Gasteiger partial charge in [0.1, 0.15) is 0 Å². The largest absolute Gasteiger partial charge is 0.330 e. The van der Waals surface area contributed by atoms with Gasteiger partial charge in [-0.05, 0) is 115 Å². The highest BCUT2D eigenvalue weighted by Gasteiger charge is 2.11. The number of nitrogens with two attached hydrogens (primary N) is 2. The standard InChI is InChI=1S/C32H64N6/c1-3-5-7-9-20-35-22-12-24-37-31(16-18-33)27-29-14-11-15-30(26-29)28-32(17-19-34)38-25-13-23-36-21-10-8-6-4-2/h11,14-15,26,31-32,35-38H,3-10,12-13,16-25,27-28,33-34H2,1-2H3. The zero-order valence-corrected chi connectivity index (χ0v) is 25.2. The smallest absolute Gasteiger partial charge is 0.0119 e. The molecule has 6 heteroatoms. The lowest BCUT2D eigenvalue weighted by atomic mass is 9.97. The van der Waals surface area contributed by atoms with Crippen molar-refractivity contribution in [1.82, 2.24) is 21.3 Å². The van der Waals surface area contributed by atoms with Crippen molar-refractivity contribution < 1.29 is 0 Å². The number of hydrogen-bond donors (Lipinski definition) is 6. The van der Waals surface area contributed by atoms with Crippen molar-refractivity contribution in [1.29, 1.82) is 0 Å². The Kier molecular flexibility index (Phi) is 24.2. The second kappa shape index (κ2) is 26.2. The fraction of sp³-hybridized carbons (Fsp3) is 0.812. The summed E-state index contributed by atoms with van der Waals surface area (Å²) in [5, 5.41) is 14.7. The average Bonchev–Trinajstić information content (AvgIpc) is 2.91. The Labute approximate surface area is 236 Å². The lowest BCUT2D eigenvalue weighted by molar-refractivity contribution is 0.465. The van der Waals surface area contributed by atoms with Gasteiger partial charge in [0.15, 0.2) is 0 Å². The first-order valence-electron chi connectivity index (χ1n) is 16.1. The van der Waals surface area contributed by atoms with Crippen LogP contribution in [0.3, 0.4) is 0 Å². The highest BCUT2D eigenvalue weighted by Crippen LogP contribution is 2.12. The summed E-state index contributed by atoms with van der Waals surface area (Å²) in [7, 11) is 0. The minimum Gasteiger partial charge on any atom is -0.330 e. The second-order valence-corrected chi connectivity index (χ2v) is 11.0. The highest BCUT2D eigenvalue weighted by molar-refractivity contribution is 5.25. The van der Waals surface area contributed by atoms with Crippen LogP contribution in [0.25, 0.3) is 0 Å². The summed E-state index contributed by atoms with van der Waals surface area (Å²) < 4.78 is 0. The normalized spacial score (nSPS) is 13.2. The van der Waals surface area contributed by atoms with E-state index in [0.29, 0.717) is 12.1 Å². The van der Waals surface area contributed by atoms with Gasteiger partial charge in [0.2, 0.25) is 0 Å². The molecule has 1 aromatic carbocycles. The van der Waals surface area contributed by atoms with Crippen molar-refractivity contribution in [2.45, 2.75) is 116 Å². The summed E-state index contributed by atoms with van der Waals surface area (Å²) in [5.41, 5.74) is 14.7. The fourth-order valence-corrected chi connectivity index (χ4v) is 5.05. The van der Waals surface area contributed by atoms with Crippen molar-refractivity contribution in [2.75, 3.05) is 52.4 Å². The van der Waals surface area contributed by atoms with Crippen LogP contribution >= 0.6 is 0 Å². The van der Waals surface area contributed by atoms with Crippen LogP contribution in [-0.4, -0.2) is 64.4 Å². The highest BCUT2D eigenvalue weighted by atomic mass is 14.9. The molecular formula is C32H64N6. The van der Waals surface area contributed by atoms with Crippen LogP contribution in [0.1, 0.15) is 102 Å². The summed E-state index contributed by atoms with van der Waals surface area (Å²) in [5.74, 6) is 0. The summed E-state index contributed by atoms with van der Waals surface area (Å²) in [4.78, 5) is 0. The molecule has 0 heterocycles. The van der Waals surface area contributed by atoms with Crippen LogP contribution in [0, 0.1) is 0 Å². The fourth-order valence-electron chi connectivity index (χ4n) is 5.05. The summed E-state index contributed by atoms with van der Waals surface area (Å²) in [6, 6.07) is 10.0. The molecule has 0 saturated carbocycles. The molecule has 0 fully saturated rings.